The third kappa shape index (κ3) is 4.12. The lowest BCUT2D eigenvalue weighted by molar-refractivity contribution is 0.600. The Morgan fingerprint density at radius 3 is 2.39 bits per heavy atom. The predicted molar refractivity (Wildman–Crippen MR) is 95.0 cm³/mol. The number of benzene rings is 2. The van der Waals surface area contributed by atoms with Gasteiger partial charge in [0.05, 0.1) is 29.4 Å². The molecule has 1 heterocycles. The van der Waals surface area contributed by atoms with E-state index < -0.39 is 9.84 Å². The molecule has 1 fully saturated rings. The molecule has 3 rings (SSSR count). The highest BCUT2D eigenvalue weighted by atomic mass is 35.5. The summed E-state index contributed by atoms with van der Waals surface area (Å²) in [5.74, 6) is 0.358. The first-order valence-corrected chi connectivity index (χ1v) is 9.58. The minimum absolute atomic E-state index is 0.133. The number of nitrogens with zero attached hydrogens (tertiary/aromatic N) is 2. The summed E-state index contributed by atoms with van der Waals surface area (Å²) in [6.45, 7) is 0. The van der Waals surface area contributed by atoms with E-state index in [1.165, 1.54) is 0 Å². The van der Waals surface area contributed by atoms with Crippen LogP contribution in [-0.4, -0.2) is 32.2 Å². The molecule has 0 amide bonds. The van der Waals surface area contributed by atoms with Crippen LogP contribution in [0.2, 0.25) is 5.02 Å². The Labute approximate surface area is 141 Å². The first-order chi connectivity index (χ1) is 11.0. The van der Waals surface area contributed by atoms with E-state index in [4.69, 9.17) is 11.6 Å². The van der Waals surface area contributed by atoms with Crippen LogP contribution in [0.5, 0.6) is 0 Å². The van der Waals surface area contributed by atoms with Crippen molar-refractivity contribution in [2.45, 2.75) is 12.5 Å². The standard InChI is InChI=1S/C17H17ClN2O2S/c18-15-8-6-14(7-9-15)12-19-20(16-4-2-1-3-5-16)17-10-11-23(21,22)13-17/h1-9,12,17H,10-11,13H2/b19-12+. The highest BCUT2D eigenvalue weighted by Crippen LogP contribution is 2.24. The lowest BCUT2D eigenvalue weighted by Crippen LogP contribution is -2.31. The normalized spacial score (nSPS) is 20.0. The Hall–Kier alpha value is -1.85. The van der Waals surface area contributed by atoms with Crippen LogP contribution in [0.1, 0.15) is 12.0 Å². The fourth-order valence-corrected chi connectivity index (χ4v) is 4.42. The lowest BCUT2D eigenvalue weighted by Gasteiger charge is -2.25. The quantitative estimate of drug-likeness (QED) is 0.628. The zero-order valence-electron chi connectivity index (χ0n) is 12.5. The number of para-hydroxylation sites is 1. The van der Waals surface area contributed by atoms with Gasteiger partial charge in [0.1, 0.15) is 0 Å². The van der Waals surface area contributed by atoms with Crippen molar-refractivity contribution in [2.75, 3.05) is 16.5 Å². The van der Waals surface area contributed by atoms with E-state index in [2.05, 4.69) is 5.10 Å². The number of sulfone groups is 1. The minimum Gasteiger partial charge on any atom is -0.261 e. The van der Waals surface area contributed by atoms with Crippen molar-refractivity contribution in [3.8, 4) is 0 Å². The summed E-state index contributed by atoms with van der Waals surface area (Å²) in [6, 6.07) is 16.9. The summed E-state index contributed by atoms with van der Waals surface area (Å²) in [5, 5.41) is 7.02. The van der Waals surface area contributed by atoms with E-state index in [1.54, 1.807) is 23.4 Å². The average molecular weight is 349 g/mol. The largest absolute Gasteiger partial charge is 0.261 e. The molecule has 0 aromatic heterocycles. The molecule has 1 saturated heterocycles. The molecule has 0 N–H and O–H groups in total. The van der Waals surface area contributed by atoms with Crippen LogP contribution >= 0.6 is 11.6 Å². The molecule has 6 heteroatoms. The third-order valence-corrected chi connectivity index (χ3v) is 5.78. The second-order valence-electron chi connectivity index (χ2n) is 5.53. The molecule has 1 aliphatic rings. The predicted octanol–water partition coefficient (Wildman–Crippen LogP) is 3.37. The Kier molecular flexibility index (Phi) is 4.68. The Morgan fingerprint density at radius 1 is 1.09 bits per heavy atom. The van der Waals surface area contributed by atoms with Crippen LogP contribution in [0.4, 0.5) is 5.69 Å². The zero-order valence-corrected chi connectivity index (χ0v) is 14.0. The topological polar surface area (TPSA) is 49.7 Å². The average Bonchev–Trinajstić information content (AvgIpc) is 2.90. The smallest absolute Gasteiger partial charge is 0.152 e. The molecule has 0 spiro atoms. The van der Waals surface area contributed by atoms with Gasteiger partial charge in [-0.25, -0.2) is 8.42 Å². The lowest BCUT2D eigenvalue weighted by atomic mass is 10.2. The highest BCUT2D eigenvalue weighted by molar-refractivity contribution is 7.91. The van der Waals surface area contributed by atoms with Crippen LogP contribution < -0.4 is 5.01 Å². The molecule has 4 nitrogen and oxygen atoms in total. The summed E-state index contributed by atoms with van der Waals surface area (Å²) < 4.78 is 23.6. The Morgan fingerprint density at radius 2 is 1.78 bits per heavy atom. The highest BCUT2D eigenvalue weighted by Gasteiger charge is 2.32. The molecule has 120 valence electrons. The Balaban J connectivity index is 1.88. The van der Waals surface area contributed by atoms with Gasteiger partial charge in [-0.15, -0.1) is 0 Å². The first kappa shape index (κ1) is 16.0. The molecular formula is C17H17ClN2O2S. The number of hydrogen-bond donors (Lipinski definition) is 0. The van der Waals surface area contributed by atoms with Gasteiger partial charge in [0, 0.05) is 5.02 Å². The fraction of sp³-hybridized carbons (Fsp3) is 0.235. The minimum atomic E-state index is -2.97. The van der Waals surface area contributed by atoms with Gasteiger partial charge in [-0.05, 0) is 36.2 Å². The number of rotatable bonds is 4. The maximum atomic E-state index is 11.8. The van der Waals surface area contributed by atoms with Crippen molar-refractivity contribution < 1.29 is 8.42 Å². The van der Waals surface area contributed by atoms with Gasteiger partial charge in [-0.2, -0.15) is 5.10 Å². The molecule has 1 unspecified atom stereocenters. The van der Waals surface area contributed by atoms with Crippen molar-refractivity contribution in [3.63, 3.8) is 0 Å². The van der Waals surface area contributed by atoms with Gasteiger partial charge in [-0.1, -0.05) is 41.9 Å². The van der Waals surface area contributed by atoms with Crippen LogP contribution in [0, 0.1) is 0 Å². The second-order valence-corrected chi connectivity index (χ2v) is 8.20. The monoisotopic (exact) mass is 348 g/mol. The summed E-state index contributed by atoms with van der Waals surface area (Å²) in [5.41, 5.74) is 1.80. The summed E-state index contributed by atoms with van der Waals surface area (Å²) in [7, 11) is -2.97. The van der Waals surface area contributed by atoms with Gasteiger partial charge in [0.2, 0.25) is 0 Å². The van der Waals surface area contributed by atoms with Gasteiger partial charge >= 0.3 is 0 Å². The molecule has 0 bridgehead atoms. The molecule has 0 saturated carbocycles. The zero-order chi connectivity index (χ0) is 16.3. The van der Waals surface area contributed by atoms with E-state index in [1.807, 2.05) is 42.5 Å². The molecule has 0 radical (unpaired) electrons. The molecular weight excluding hydrogens is 332 g/mol. The van der Waals surface area contributed by atoms with E-state index in [0.29, 0.717) is 11.4 Å². The summed E-state index contributed by atoms with van der Waals surface area (Å²) in [6.07, 6.45) is 2.32. The molecule has 2 aromatic rings. The molecule has 1 atom stereocenters. The van der Waals surface area contributed by atoms with Crippen molar-refractivity contribution in [2.24, 2.45) is 5.10 Å². The number of hydrogen-bond acceptors (Lipinski definition) is 4. The van der Waals surface area contributed by atoms with E-state index >= 15 is 0 Å². The van der Waals surface area contributed by atoms with Crippen LogP contribution in [0.25, 0.3) is 0 Å². The molecule has 23 heavy (non-hydrogen) atoms. The van der Waals surface area contributed by atoms with Gasteiger partial charge < -0.3 is 0 Å². The maximum Gasteiger partial charge on any atom is 0.152 e. The van der Waals surface area contributed by atoms with Gasteiger partial charge in [0.25, 0.3) is 0 Å². The van der Waals surface area contributed by atoms with Crippen LogP contribution in [0.3, 0.4) is 0 Å². The fourth-order valence-electron chi connectivity index (χ4n) is 2.60. The maximum absolute atomic E-state index is 11.8. The van der Waals surface area contributed by atoms with Crippen molar-refractivity contribution in [1.29, 1.82) is 0 Å². The van der Waals surface area contributed by atoms with Crippen molar-refractivity contribution >= 4 is 33.3 Å². The van der Waals surface area contributed by atoms with Gasteiger partial charge in [-0.3, -0.25) is 5.01 Å². The summed E-state index contributed by atoms with van der Waals surface area (Å²) in [4.78, 5) is 0. The number of hydrazone groups is 1. The second kappa shape index (κ2) is 6.72. The van der Waals surface area contributed by atoms with Gasteiger partial charge in [0.15, 0.2) is 9.84 Å². The van der Waals surface area contributed by atoms with E-state index in [9.17, 15) is 8.42 Å². The van der Waals surface area contributed by atoms with E-state index in [0.717, 1.165) is 11.3 Å². The molecule has 0 aliphatic carbocycles. The molecule has 2 aromatic carbocycles. The van der Waals surface area contributed by atoms with Crippen molar-refractivity contribution in [1.82, 2.24) is 0 Å². The van der Waals surface area contributed by atoms with Crippen molar-refractivity contribution in [3.05, 3.63) is 65.2 Å². The number of halogens is 1. The third-order valence-electron chi connectivity index (χ3n) is 3.78. The summed E-state index contributed by atoms with van der Waals surface area (Å²) >= 11 is 5.88. The number of anilines is 1. The van der Waals surface area contributed by atoms with Crippen LogP contribution in [0.15, 0.2) is 59.7 Å². The SMILES string of the molecule is O=S1(=O)CCC(N(/N=C/c2ccc(Cl)cc2)c2ccccc2)C1. The first-order valence-electron chi connectivity index (χ1n) is 7.38. The molecule has 1 aliphatic heterocycles. The Bertz CT molecular complexity index is 789. The van der Waals surface area contributed by atoms with E-state index in [-0.39, 0.29) is 17.5 Å². The van der Waals surface area contributed by atoms with Crippen LogP contribution in [-0.2, 0) is 9.84 Å².